The maximum atomic E-state index is 13.2. The maximum absolute atomic E-state index is 13.2. The van der Waals surface area contributed by atoms with Gasteiger partial charge in [-0.2, -0.15) is 5.10 Å². The summed E-state index contributed by atoms with van der Waals surface area (Å²) in [6.07, 6.45) is 1.64. The number of amides is 1. The third kappa shape index (κ3) is 1.74. The summed E-state index contributed by atoms with van der Waals surface area (Å²) in [4.78, 5) is 11.1. The average Bonchev–Trinajstić information content (AvgIpc) is 2.59. The van der Waals surface area contributed by atoms with Gasteiger partial charge in [-0.3, -0.25) is 9.48 Å². The highest BCUT2D eigenvalue weighted by atomic mass is 19.1. The molecule has 0 aliphatic rings. The highest BCUT2D eigenvalue weighted by Crippen LogP contribution is 2.18. The molecule has 2 aromatic rings. The lowest BCUT2D eigenvalue weighted by Crippen LogP contribution is -2.13. The zero-order valence-corrected chi connectivity index (χ0v) is 8.48. The minimum absolute atomic E-state index is 0.0887. The smallest absolute Gasteiger partial charge is 0.251 e. The van der Waals surface area contributed by atoms with Crippen LogP contribution >= 0.6 is 0 Å². The van der Waals surface area contributed by atoms with Crippen LogP contribution in [-0.4, -0.2) is 22.2 Å². The molecule has 0 radical (unpaired) electrons. The fourth-order valence-electron chi connectivity index (χ4n) is 1.58. The Morgan fingerprint density at radius 2 is 2.25 bits per heavy atom. The quantitative estimate of drug-likeness (QED) is 0.779. The molecule has 0 atom stereocenters. The van der Waals surface area contributed by atoms with Gasteiger partial charge < -0.3 is 11.5 Å². The summed E-state index contributed by atoms with van der Waals surface area (Å²) >= 11 is 0. The van der Waals surface area contributed by atoms with Crippen molar-refractivity contribution in [2.75, 3.05) is 6.54 Å². The molecule has 84 valence electrons. The maximum Gasteiger partial charge on any atom is 0.251 e. The lowest BCUT2D eigenvalue weighted by molar-refractivity contribution is 0.100. The summed E-state index contributed by atoms with van der Waals surface area (Å²) < 4.78 is 14.7. The largest absolute Gasteiger partial charge is 0.366 e. The number of benzene rings is 1. The highest BCUT2D eigenvalue weighted by Gasteiger charge is 2.12. The predicted molar refractivity (Wildman–Crippen MR) is 57.3 cm³/mol. The molecule has 1 amide bonds. The second-order valence-corrected chi connectivity index (χ2v) is 3.44. The van der Waals surface area contributed by atoms with E-state index < -0.39 is 11.7 Å². The van der Waals surface area contributed by atoms with E-state index in [4.69, 9.17) is 11.5 Å². The Balaban J connectivity index is 2.65. The summed E-state index contributed by atoms with van der Waals surface area (Å²) in [7, 11) is 0. The van der Waals surface area contributed by atoms with E-state index in [1.165, 1.54) is 6.07 Å². The molecule has 0 spiro atoms. The van der Waals surface area contributed by atoms with E-state index >= 15 is 0 Å². The first-order chi connectivity index (χ1) is 7.61. The molecule has 0 aliphatic carbocycles. The van der Waals surface area contributed by atoms with Crippen molar-refractivity contribution in [1.82, 2.24) is 9.78 Å². The van der Waals surface area contributed by atoms with Crippen LogP contribution in [0.15, 0.2) is 18.3 Å². The van der Waals surface area contributed by atoms with Crippen LogP contribution in [0.3, 0.4) is 0 Å². The van der Waals surface area contributed by atoms with Gasteiger partial charge in [-0.25, -0.2) is 4.39 Å². The van der Waals surface area contributed by atoms with Crippen LogP contribution in [0, 0.1) is 5.82 Å². The Hall–Kier alpha value is -1.95. The number of nitrogens with zero attached hydrogens (tertiary/aromatic N) is 2. The Labute approximate surface area is 90.8 Å². The molecule has 0 bridgehead atoms. The first-order valence-electron chi connectivity index (χ1n) is 4.78. The summed E-state index contributed by atoms with van der Waals surface area (Å²) in [6.45, 7) is 0.927. The second kappa shape index (κ2) is 3.90. The third-order valence-electron chi connectivity index (χ3n) is 2.24. The Kier molecular flexibility index (Phi) is 2.57. The van der Waals surface area contributed by atoms with E-state index in [9.17, 15) is 9.18 Å². The number of hydrogen-bond acceptors (Lipinski definition) is 3. The standard InChI is InChI=1S/C10H11FN4O/c11-7-3-6-5-15(2-1-12)14-9(6)8(4-7)10(13)16/h3-5H,1-2,12H2,(H2,13,16). The fraction of sp³-hybridized carbons (Fsp3) is 0.200. The van der Waals surface area contributed by atoms with Crippen molar-refractivity contribution in [3.63, 3.8) is 0 Å². The van der Waals surface area contributed by atoms with Gasteiger partial charge in [-0.15, -0.1) is 0 Å². The number of aromatic nitrogens is 2. The molecular formula is C10H11FN4O. The van der Waals surface area contributed by atoms with E-state index in [1.807, 2.05) is 0 Å². The number of rotatable bonds is 3. The summed E-state index contributed by atoms with van der Waals surface area (Å²) in [5.41, 5.74) is 11.0. The van der Waals surface area contributed by atoms with Crippen molar-refractivity contribution in [2.45, 2.75) is 6.54 Å². The molecule has 1 aromatic heterocycles. The Bertz CT molecular complexity index is 549. The second-order valence-electron chi connectivity index (χ2n) is 3.44. The van der Waals surface area contributed by atoms with Gasteiger partial charge in [0.1, 0.15) is 11.3 Å². The van der Waals surface area contributed by atoms with Gasteiger partial charge in [0.2, 0.25) is 0 Å². The first-order valence-corrected chi connectivity index (χ1v) is 4.78. The van der Waals surface area contributed by atoms with Gasteiger partial charge in [0.15, 0.2) is 0 Å². The van der Waals surface area contributed by atoms with Gasteiger partial charge in [0.25, 0.3) is 5.91 Å². The minimum atomic E-state index is -0.692. The van der Waals surface area contributed by atoms with Gasteiger partial charge in [0, 0.05) is 18.1 Å². The molecule has 16 heavy (non-hydrogen) atoms. The molecule has 0 aliphatic heterocycles. The first kappa shape index (κ1) is 10.6. The molecule has 0 unspecified atom stereocenters. The zero-order valence-electron chi connectivity index (χ0n) is 8.48. The van der Waals surface area contributed by atoms with E-state index in [0.29, 0.717) is 24.0 Å². The van der Waals surface area contributed by atoms with Gasteiger partial charge in [-0.1, -0.05) is 0 Å². The summed E-state index contributed by atoms with van der Waals surface area (Å²) in [5, 5.41) is 4.68. The number of nitrogens with two attached hydrogens (primary N) is 2. The molecule has 1 heterocycles. The molecule has 2 rings (SSSR count). The minimum Gasteiger partial charge on any atom is -0.366 e. The topological polar surface area (TPSA) is 86.9 Å². The molecule has 0 fully saturated rings. The van der Waals surface area contributed by atoms with E-state index in [2.05, 4.69) is 5.10 Å². The van der Waals surface area contributed by atoms with Crippen LogP contribution in [0.4, 0.5) is 4.39 Å². The van der Waals surface area contributed by atoms with Crippen molar-refractivity contribution in [3.8, 4) is 0 Å². The monoisotopic (exact) mass is 222 g/mol. The number of carbonyl (C=O) groups is 1. The molecule has 0 saturated heterocycles. The number of hydrogen-bond donors (Lipinski definition) is 2. The zero-order chi connectivity index (χ0) is 11.7. The summed E-state index contributed by atoms with van der Waals surface area (Å²) in [5.74, 6) is -1.20. The number of halogens is 1. The number of fused-ring (bicyclic) bond motifs is 1. The molecule has 0 saturated carbocycles. The SMILES string of the molecule is NCCn1cc2cc(F)cc(C(N)=O)c2n1. The lowest BCUT2D eigenvalue weighted by atomic mass is 10.1. The predicted octanol–water partition coefficient (Wildman–Crippen LogP) is 0.233. The summed E-state index contributed by atoms with van der Waals surface area (Å²) in [6, 6.07) is 2.40. The molecule has 5 nitrogen and oxygen atoms in total. The van der Waals surface area contributed by atoms with E-state index in [1.54, 1.807) is 10.9 Å². The van der Waals surface area contributed by atoms with Crippen molar-refractivity contribution in [2.24, 2.45) is 11.5 Å². The van der Waals surface area contributed by atoms with Crippen LogP contribution in [0.1, 0.15) is 10.4 Å². The number of carbonyl (C=O) groups excluding carboxylic acids is 1. The van der Waals surface area contributed by atoms with Crippen LogP contribution in [0.2, 0.25) is 0 Å². The Morgan fingerprint density at radius 1 is 1.50 bits per heavy atom. The molecule has 4 N–H and O–H groups in total. The lowest BCUT2D eigenvalue weighted by Gasteiger charge is -1.97. The van der Waals surface area contributed by atoms with Crippen molar-refractivity contribution in [3.05, 3.63) is 29.7 Å². The number of primary amides is 1. The van der Waals surface area contributed by atoms with Crippen LogP contribution in [0.5, 0.6) is 0 Å². The van der Waals surface area contributed by atoms with Gasteiger partial charge in [-0.05, 0) is 12.1 Å². The van der Waals surface area contributed by atoms with Crippen LogP contribution in [0.25, 0.3) is 10.9 Å². The van der Waals surface area contributed by atoms with Crippen molar-refractivity contribution < 1.29 is 9.18 Å². The van der Waals surface area contributed by atoms with Crippen LogP contribution < -0.4 is 11.5 Å². The van der Waals surface area contributed by atoms with Crippen molar-refractivity contribution >= 4 is 16.8 Å². The normalized spacial score (nSPS) is 10.9. The highest BCUT2D eigenvalue weighted by molar-refractivity contribution is 6.04. The molecular weight excluding hydrogens is 211 g/mol. The average molecular weight is 222 g/mol. The van der Waals surface area contributed by atoms with Crippen molar-refractivity contribution in [1.29, 1.82) is 0 Å². The van der Waals surface area contributed by atoms with E-state index in [0.717, 1.165) is 6.07 Å². The van der Waals surface area contributed by atoms with Crippen LogP contribution in [-0.2, 0) is 6.54 Å². The molecule has 6 heteroatoms. The van der Waals surface area contributed by atoms with Gasteiger partial charge >= 0.3 is 0 Å². The van der Waals surface area contributed by atoms with Gasteiger partial charge in [0.05, 0.1) is 12.1 Å². The van der Waals surface area contributed by atoms with E-state index in [-0.39, 0.29) is 5.56 Å². The fourth-order valence-corrected chi connectivity index (χ4v) is 1.58. The Morgan fingerprint density at radius 3 is 2.88 bits per heavy atom. The molecule has 1 aromatic carbocycles. The third-order valence-corrected chi connectivity index (χ3v) is 2.24.